The van der Waals surface area contributed by atoms with E-state index in [1.54, 1.807) is 28.9 Å². The quantitative estimate of drug-likeness (QED) is 0.241. The van der Waals surface area contributed by atoms with Crippen molar-refractivity contribution in [3.05, 3.63) is 101 Å². The average molecular weight is 548 g/mol. The normalized spacial score (nSPS) is 11.5. The van der Waals surface area contributed by atoms with E-state index in [0.29, 0.717) is 5.56 Å². The summed E-state index contributed by atoms with van der Waals surface area (Å²) in [6.07, 6.45) is 5.60. The molecule has 0 saturated carbocycles. The van der Waals surface area contributed by atoms with Crippen LogP contribution in [0.2, 0.25) is 0 Å². The van der Waals surface area contributed by atoms with Gasteiger partial charge in [0.1, 0.15) is 0 Å². The lowest BCUT2D eigenvalue weighted by molar-refractivity contribution is 0.0691. The zero-order valence-electron chi connectivity index (χ0n) is 21.0. The molecule has 0 atom stereocenters. The lowest BCUT2D eigenvalue weighted by atomic mass is 9.88. The van der Waals surface area contributed by atoms with Crippen molar-refractivity contribution in [2.24, 2.45) is 0 Å². The molecule has 2 aromatic carbocycles. The molecule has 0 radical (unpaired) electrons. The first-order valence-corrected chi connectivity index (χ1v) is 14.0. The van der Waals surface area contributed by atoms with E-state index in [2.05, 4.69) is 31.5 Å². The minimum atomic E-state index is -1.08. The molecule has 0 aliphatic heterocycles. The van der Waals surface area contributed by atoms with E-state index in [1.807, 2.05) is 73.9 Å². The summed E-state index contributed by atoms with van der Waals surface area (Å²) in [5.74, 6) is -1.08. The highest BCUT2D eigenvalue weighted by Gasteiger charge is 2.24. The molecule has 0 saturated heterocycles. The van der Waals surface area contributed by atoms with Gasteiger partial charge in [0.15, 0.2) is 15.6 Å². The van der Waals surface area contributed by atoms with Crippen molar-refractivity contribution >= 4 is 38.6 Å². The maximum Gasteiger partial charge on any atom is 0.355 e. The number of imidazole rings is 2. The Hall–Kier alpha value is -4.60. The molecule has 39 heavy (non-hydrogen) atoms. The van der Waals surface area contributed by atoms with E-state index in [4.69, 9.17) is 9.97 Å². The van der Waals surface area contributed by atoms with E-state index in [-0.39, 0.29) is 5.69 Å². The van der Waals surface area contributed by atoms with Gasteiger partial charge in [-0.05, 0) is 36.6 Å². The zero-order chi connectivity index (χ0) is 26.7. The van der Waals surface area contributed by atoms with Gasteiger partial charge in [-0.2, -0.15) is 0 Å². The second-order valence-corrected chi connectivity index (χ2v) is 11.0. The summed E-state index contributed by atoms with van der Waals surface area (Å²) in [5, 5.41) is 14.4. The Labute approximate surface area is 231 Å². The first kappa shape index (κ1) is 23.5. The number of nitrogens with zero attached hydrogens (tertiary/aromatic N) is 5. The van der Waals surface area contributed by atoms with Gasteiger partial charge in [-0.25, -0.2) is 19.7 Å². The number of carboxylic acid groups (broad SMARTS) is 1. The summed E-state index contributed by atoms with van der Waals surface area (Å²) in [4.78, 5) is 28.4. The number of hydrogen-bond acceptors (Lipinski definition) is 6. The minimum Gasteiger partial charge on any atom is -0.476 e. The number of benzene rings is 2. The van der Waals surface area contributed by atoms with Gasteiger partial charge in [-0.15, -0.1) is 22.7 Å². The highest BCUT2D eigenvalue weighted by molar-refractivity contribution is 7.15. The third-order valence-corrected chi connectivity index (χ3v) is 8.81. The molecule has 0 spiro atoms. The first-order chi connectivity index (χ1) is 19.0. The summed E-state index contributed by atoms with van der Waals surface area (Å²) in [5.41, 5.74) is 8.57. The van der Waals surface area contributed by atoms with Crippen molar-refractivity contribution in [3.63, 3.8) is 0 Å². The Morgan fingerprint density at radius 3 is 1.77 bits per heavy atom. The van der Waals surface area contributed by atoms with Crippen molar-refractivity contribution in [1.82, 2.24) is 23.8 Å². The number of fused-ring (bicyclic) bond motifs is 2. The van der Waals surface area contributed by atoms with E-state index in [0.717, 1.165) is 60.5 Å². The number of carboxylic acids is 1. The van der Waals surface area contributed by atoms with Crippen LogP contribution in [-0.2, 0) is 0 Å². The Morgan fingerprint density at radius 2 is 1.23 bits per heavy atom. The molecule has 7 aromatic rings. The molecule has 190 valence electrons. The summed E-state index contributed by atoms with van der Waals surface area (Å²) in [6.45, 7) is 4.10. The number of rotatable bonds is 5. The Bertz CT molecular complexity index is 2050. The molecule has 0 aliphatic rings. The SMILES string of the molecule is Cc1csc2nc(-c3ccccc3-c3ccnc(C(=O)O)c3-c3ccccc3-c3cn4c(C)csc4n3)cn12. The predicted octanol–water partition coefficient (Wildman–Crippen LogP) is 7.48. The standard InChI is InChI=1S/C30H21N5O2S2/c1-17-15-38-29-32-24(13-34(17)29)20-8-4-3-7-19(20)23-11-12-31-27(28(36)37)26(23)22-10-6-5-9-21(22)25-14-35-18(2)16-39-30(35)33-25/h3-16H,1-2H3,(H,36,37). The van der Waals surface area contributed by atoms with Gasteiger partial charge in [-0.1, -0.05) is 48.5 Å². The van der Waals surface area contributed by atoms with E-state index in [1.165, 1.54) is 0 Å². The van der Waals surface area contributed by atoms with E-state index >= 15 is 0 Å². The molecule has 0 amide bonds. The lowest BCUT2D eigenvalue weighted by Gasteiger charge is -2.17. The van der Waals surface area contributed by atoms with Crippen molar-refractivity contribution in [1.29, 1.82) is 0 Å². The number of pyridine rings is 1. The van der Waals surface area contributed by atoms with Crippen LogP contribution in [0.25, 0.3) is 54.7 Å². The smallest absolute Gasteiger partial charge is 0.355 e. The first-order valence-electron chi connectivity index (χ1n) is 12.3. The Morgan fingerprint density at radius 1 is 0.718 bits per heavy atom. The van der Waals surface area contributed by atoms with Gasteiger partial charge in [0.2, 0.25) is 0 Å². The number of aryl methyl sites for hydroxylation is 2. The Kier molecular flexibility index (Phi) is 5.43. The molecule has 5 aromatic heterocycles. The highest BCUT2D eigenvalue weighted by atomic mass is 32.1. The van der Waals surface area contributed by atoms with Gasteiger partial charge >= 0.3 is 5.97 Å². The van der Waals surface area contributed by atoms with Gasteiger partial charge in [0.05, 0.1) is 11.4 Å². The van der Waals surface area contributed by atoms with Crippen LogP contribution in [0.15, 0.2) is 83.9 Å². The van der Waals surface area contributed by atoms with Crippen LogP contribution in [0, 0.1) is 13.8 Å². The minimum absolute atomic E-state index is 0.00590. The molecular formula is C30H21N5O2S2. The summed E-state index contributed by atoms with van der Waals surface area (Å²) >= 11 is 3.18. The molecule has 0 fully saturated rings. The van der Waals surface area contributed by atoms with Crippen molar-refractivity contribution in [2.45, 2.75) is 13.8 Å². The van der Waals surface area contributed by atoms with Crippen LogP contribution < -0.4 is 0 Å². The maximum atomic E-state index is 12.6. The van der Waals surface area contributed by atoms with Crippen LogP contribution in [-0.4, -0.2) is 34.8 Å². The molecule has 0 aliphatic carbocycles. The lowest BCUT2D eigenvalue weighted by Crippen LogP contribution is -2.05. The number of thiazole rings is 2. The second kappa shape index (κ2) is 9.00. The number of carbonyl (C=O) groups is 1. The number of hydrogen-bond donors (Lipinski definition) is 1. The predicted molar refractivity (Wildman–Crippen MR) is 156 cm³/mol. The van der Waals surface area contributed by atoms with Crippen LogP contribution in [0.3, 0.4) is 0 Å². The fourth-order valence-corrected chi connectivity index (χ4v) is 6.74. The van der Waals surface area contributed by atoms with Crippen LogP contribution >= 0.6 is 22.7 Å². The molecular weight excluding hydrogens is 526 g/mol. The summed E-state index contributed by atoms with van der Waals surface area (Å²) < 4.78 is 4.13. The largest absolute Gasteiger partial charge is 0.476 e. The van der Waals surface area contributed by atoms with E-state index in [9.17, 15) is 9.90 Å². The van der Waals surface area contributed by atoms with Crippen LogP contribution in [0.4, 0.5) is 0 Å². The van der Waals surface area contributed by atoms with Gasteiger partial charge in [0.25, 0.3) is 0 Å². The van der Waals surface area contributed by atoms with Crippen LogP contribution in [0.1, 0.15) is 21.9 Å². The monoisotopic (exact) mass is 547 g/mol. The van der Waals surface area contributed by atoms with Crippen molar-refractivity contribution in [2.75, 3.05) is 0 Å². The molecule has 0 bridgehead atoms. The molecule has 0 unspecified atom stereocenters. The molecule has 7 nitrogen and oxygen atoms in total. The molecule has 5 heterocycles. The van der Waals surface area contributed by atoms with Gasteiger partial charge in [-0.3, -0.25) is 8.80 Å². The third-order valence-electron chi connectivity index (χ3n) is 6.90. The fraction of sp³-hybridized carbons (Fsp3) is 0.0667. The molecule has 1 N–H and O–H groups in total. The topological polar surface area (TPSA) is 84.8 Å². The molecule has 7 rings (SSSR count). The second-order valence-electron chi connectivity index (χ2n) is 9.29. The zero-order valence-corrected chi connectivity index (χ0v) is 22.6. The number of aromatic nitrogens is 5. The highest BCUT2D eigenvalue weighted by Crippen LogP contribution is 2.42. The van der Waals surface area contributed by atoms with Crippen molar-refractivity contribution < 1.29 is 9.90 Å². The third kappa shape index (κ3) is 3.77. The fourth-order valence-electron chi connectivity index (χ4n) is 5.03. The van der Waals surface area contributed by atoms with Crippen LogP contribution in [0.5, 0.6) is 0 Å². The summed E-state index contributed by atoms with van der Waals surface area (Å²) in [7, 11) is 0. The maximum absolute atomic E-state index is 12.6. The van der Waals surface area contributed by atoms with Crippen molar-refractivity contribution in [3.8, 4) is 44.8 Å². The Balaban J connectivity index is 1.49. The van der Waals surface area contributed by atoms with E-state index < -0.39 is 5.97 Å². The summed E-state index contributed by atoms with van der Waals surface area (Å²) in [6, 6.07) is 17.7. The number of aromatic carboxylic acids is 1. The average Bonchev–Trinajstić information content (AvgIpc) is 3.72. The molecule has 9 heteroatoms. The van der Waals surface area contributed by atoms with Gasteiger partial charge < -0.3 is 5.11 Å². The van der Waals surface area contributed by atoms with Gasteiger partial charge in [0, 0.05) is 57.4 Å².